The molecule has 0 aliphatic heterocycles. The molecule has 2 atom stereocenters. The van der Waals surface area contributed by atoms with Gasteiger partial charge in [-0.1, -0.05) is 42.8 Å². The smallest absolute Gasteiger partial charge is 0.386 e. The number of benzene rings is 3. The number of hydrogen-bond donors (Lipinski definition) is 2. The van der Waals surface area contributed by atoms with Gasteiger partial charge in [0.15, 0.2) is 0 Å². The van der Waals surface area contributed by atoms with E-state index >= 15 is 0 Å². The van der Waals surface area contributed by atoms with Crippen molar-refractivity contribution in [2.75, 3.05) is 0 Å². The molecule has 0 saturated heterocycles. The Bertz CT molecular complexity index is 1160. The first-order chi connectivity index (χ1) is 16.7. The largest absolute Gasteiger partial charge is 0.416 e. The van der Waals surface area contributed by atoms with E-state index in [4.69, 9.17) is 0 Å². The highest BCUT2D eigenvalue weighted by atomic mass is 19.4. The molecule has 0 aromatic heterocycles. The predicted octanol–water partition coefficient (Wildman–Crippen LogP) is 6.19. The lowest BCUT2D eigenvalue weighted by Crippen LogP contribution is -2.41. The highest BCUT2D eigenvalue weighted by Gasteiger charge is 2.30. The Hall–Kier alpha value is -3.19. The second-order valence-electron chi connectivity index (χ2n) is 8.98. The van der Waals surface area contributed by atoms with Gasteiger partial charge in [-0.15, -0.1) is 0 Å². The highest BCUT2D eigenvalue weighted by molar-refractivity contribution is 5.96. The van der Waals surface area contributed by atoms with Crippen molar-refractivity contribution in [2.24, 2.45) is 0 Å². The molecule has 4 rings (SSSR count). The van der Waals surface area contributed by atoms with Crippen LogP contribution < -0.4 is 5.32 Å². The van der Waals surface area contributed by atoms with Gasteiger partial charge >= 0.3 is 6.18 Å². The Kier molecular flexibility index (Phi) is 7.55. The summed E-state index contributed by atoms with van der Waals surface area (Å²) in [5.74, 6) is -0.807. The van der Waals surface area contributed by atoms with Crippen LogP contribution in [-0.4, -0.2) is 17.1 Å². The van der Waals surface area contributed by atoms with Crippen LogP contribution in [0.4, 0.5) is 17.6 Å². The Morgan fingerprint density at radius 2 is 1.60 bits per heavy atom. The van der Waals surface area contributed by atoms with Crippen LogP contribution in [0.15, 0.2) is 66.7 Å². The van der Waals surface area contributed by atoms with Crippen molar-refractivity contribution in [1.82, 2.24) is 5.32 Å². The molecule has 2 unspecified atom stereocenters. The zero-order valence-electron chi connectivity index (χ0n) is 19.1. The zero-order valence-corrected chi connectivity index (χ0v) is 19.1. The Labute approximate surface area is 201 Å². The first-order valence-electron chi connectivity index (χ1n) is 11.7. The topological polar surface area (TPSA) is 49.3 Å². The summed E-state index contributed by atoms with van der Waals surface area (Å²) in [7, 11) is 0. The lowest BCUT2D eigenvalue weighted by Gasteiger charge is -2.26. The Balaban J connectivity index is 1.61. The summed E-state index contributed by atoms with van der Waals surface area (Å²) < 4.78 is 52.3. The minimum absolute atomic E-state index is 0.0947. The molecule has 2 N–H and O–H groups in total. The van der Waals surface area contributed by atoms with Gasteiger partial charge in [0.2, 0.25) is 0 Å². The van der Waals surface area contributed by atoms with Gasteiger partial charge in [-0.3, -0.25) is 4.79 Å². The lowest BCUT2D eigenvalue weighted by molar-refractivity contribution is -0.137. The second-order valence-corrected chi connectivity index (χ2v) is 8.98. The molecule has 0 radical (unpaired) electrons. The summed E-state index contributed by atoms with van der Waals surface area (Å²) in [4.78, 5) is 13.4. The van der Waals surface area contributed by atoms with Crippen LogP contribution in [0.1, 0.15) is 63.5 Å². The molecule has 1 aliphatic rings. The number of halogens is 4. The molecule has 1 amide bonds. The number of aliphatic hydroxyl groups is 1. The summed E-state index contributed by atoms with van der Waals surface area (Å²) in [6, 6.07) is 14.7. The van der Waals surface area contributed by atoms with Gasteiger partial charge in [0.05, 0.1) is 17.7 Å². The van der Waals surface area contributed by atoms with E-state index in [1.165, 1.54) is 36.4 Å². The molecule has 1 aliphatic carbocycles. The molecule has 0 fully saturated rings. The first-order valence-corrected chi connectivity index (χ1v) is 11.7. The highest BCUT2D eigenvalue weighted by Crippen LogP contribution is 2.30. The summed E-state index contributed by atoms with van der Waals surface area (Å²) >= 11 is 0. The van der Waals surface area contributed by atoms with Crippen LogP contribution in [0.2, 0.25) is 0 Å². The summed E-state index contributed by atoms with van der Waals surface area (Å²) in [5.41, 5.74) is 2.86. The molecule has 3 aromatic rings. The van der Waals surface area contributed by atoms with Gasteiger partial charge in [-0.25, -0.2) is 4.39 Å². The van der Waals surface area contributed by atoms with Gasteiger partial charge in [0, 0.05) is 5.56 Å². The number of rotatable bonds is 6. The molecular weight excluding hydrogens is 458 g/mol. The molecule has 3 aromatic carbocycles. The minimum atomic E-state index is -4.45. The van der Waals surface area contributed by atoms with E-state index in [-0.39, 0.29) is 12.3 Å². The van der Waals surface area contributed by atoms with Crippen molar-refractivity contribution in [1.29, 1.82) is 0 Å². The van der Waals surface area contributed by atoms with Gasteiger partial charge in [-0.2, -0.15) is 13.2 Å². The number of nitrogens with one attached hydrogen (secondary N) is 1. The number of aryl methyl sites for hydroxylation is 1. The maximum atomic E-state index is 13.4. The lowest BCUT2D eigenvalue weighted by atomic mass is 9.93. The van der Waals surface area contributed by atoms with Crippen LogP contribution >= 0.6 is 0 Å². The fraction of sp³-hybridized carbons (Fsp3) is 0.321. The van der Waals surface area contributed by atoms with E-state index in [1.807, 2.05) is 12.1 Å². The van der Waals surface area contributed by atoms with Crippen molar-refractivity contribution < 1.29 is 27.5 Å². The zero-order chi connectivity index (χ0) is 25.0. The number of carbonyl (C=O) groups excluding carboxylic acids is 1. The predicted molar refractivity (Wildman–Crippen MR) is 125 cm³/mol. The van der Waals surface area contributed by atoms with Crippen molar-refractivity contribution in [3.8, 4) is 0 Å². The van der Waals surface area contributed by atoms with Gasteiger partial charge in [0.1, 0.15) is 5.82 Å². The van der Waals surface area contributed by atoms with Crippen LogP contribution in [0.5, 0.6) is 0 Å². The molecule has 3 nitrogen and oxygen atoms in total. The van der Waals surface area contributed by atoms with E-state index in [2.05, 4.69) is 5.32 Å². The monoisotopic (exact) mass is 485 g/mol. The van der Waals surface area contributed by atoms with E-state index in [0.29, 0.717) is 16.7 Å². The molecule has 0 spiro atoms. The third-order valence-electron chi connectivity index (χ3n) is 6.54. The molecule has 7 heteroatoms. The Morgan fingerprint density at radius 1 is 0.914 bits per heavy atom. The van der Waals surface area contributed by atoms with Crippen LogP contribution in [0.25, 0.3) is 0 Å². The van der Waals surface area contributed by atoms with E-state index in [9.17, 15) is 27.5 Å². The third-order valence-corrected chi connectivity index (χ3v) is 6.54. The maximum Gasteiger partial charge on any atom is 0.416 e. The van der Waals surface area contributed by atoms with Crippen molar-refractivity contribution >= 4 is 5.91 Å². The average molecular weight is 486 g/mol. The summed E-state index contributed by atoms with van der Waals surface area (Å²) in [5, 5.41) is 14.0. The number of amides is 1. The Morgan fingerprint density at radius 3 is 2.29 bits per heavy atom. The van der Waals surface area contributed by atoms with Crippen LogP contribution in [-0.2, 0) is 25.4 Å². The van der Waals surface area contributed by atoms with E-state index < -0.39 is 29.7 Å². The molecule has 184 valence electrons. The molecular formula is C28H27F4NO2. The number of aliphatic hydroxyl groups excluding tert-OH is 1. The van der Waals surface area contributed by atoms with Crippen LogP contribution in [0.3, 0.4) is 0 Å². The number of fused-ring (bicyclic) bond motifs is 1. The fourth-order valence-electron chi connectivity index (χ4n) is 4.63. The first kappa shape index (κ1) is 24.9. The fourth-order valence-corrected chi connectivity index (χ4v) is 4.63. The normalized spacial score (nSPS) is 15.6. The van der Waals surface area contributed by atoms with Gasteiger partial charge in [0.25, 0.3) is 5.91 Å². The van der Waals surface area contributed by atoms with E-state index in [1.54, 1.807) is 6.07 Å². The maximum absolute atomic E-state index is 13.4. The number of hydrogen-bond acceptors (Lipinski definition) is 2. The number of alkyl halides is 3. The van der Waals surface area contributed by atoms with E-state index in [0.717, 1.165) is 55.4 Å². The second kappa shape index (κ2) is 10.6. The number of carbonyl (C=O) groups is 1. The van der Waals surface area contributed by atoms with Crippen molar-refractivity contribution in [3.63, 3.8) is 0 Å². The average Bonchev–Trinajstić information content (AvgIpc) is 3.09. The standard InChI is InChI=1S/C28H27F4NO2/c29-22-15-11-20(12-16-22)26(34)25(17-18-9-13-21(14-10-18)28(30,31)32)33-27(35)24-8-4-6-19-5-2-1-3-7-23(19)24/h4,6,8-16,25-26,34H,1-3,5,7,17H2,(H,33,35). The third kappa shape index (κ3) is 6.09. The quantitative estimate of drug-likeness (QED) is 0.323. The molecule has 0 heterocycles. The van der Waals surface area contributed by atoms with Crippen molar-refractivity contribution in [2.45, 2.75) is 56.8 Å². The van der Waals surface area contributed by atoms with Crippen molar-refractivity contribution in [3.05, 3.63) is 106 Å². The molecule has 0 bridgehead atoms. The summed E-state index contributed by atoms with van der Waals surface area (Å²) in [6.07, 6.45) is -0.698. The minimum Gasteiger partial charge on any atom is -0.386 e. The van der Waals surface area contributed by atoms with Crippen LogP contribution in [0, 0.1) is 5.82 Å². The van der Waals surface area contributed by atoms with Gasteiger partial charge in [-0.05, 0) is 84.7 Å². The molecule has 0 saturated carbocycles. The SMILES string of the molecule is O=C(NC(Cc1ccc(C(F)(F)F)cc1)C(O)c1ccc(F)cc1)c1cccc2c1CCCCC2. The summed E-state index contributed by atoms with van der Waals surface area (Å²) in [6.45, 7) is 0. The van der Waals surface area contributed by atoms with Gasteiger partial charge < -0.3 is 10.4 Å². The molecule has 35 heavy (non-hydrogen) atoms.